The lowest BCUT2D eigenvalue weighted by Crippen LogP contribution is -2.53. The van der Waals surface area contributed by atoms with Crippen molar-refractivity contribution in [3.8, 4) is 11.1 Å². The fraction of sp³-hybridized carbons (Fsp3) is 0.435. The van der Waals surface area contributed by atoms with Crippen molar-refractivity contribution in [1.29, 1.82) is 0 Å². The maximum Gasteiger partial charge on any atom is 0.437 e. The first-order valence-electron chi connectivity index (χ1n) is 11.0. The van der Waals surface area contributed by atoms with E-state index in [1.54, 1.807) is 19.2 Å². The van der Waals surface area contributed by atoms with Crippen LogP contribution in [0, 0.1) is 11.2 Å². The zero-order valence-corrected chi connectivity index (χ0v) is 20.0. The molecule has 1 aliphatic rings. The van der Waals surface area contributed by atoms with Crippen LogP contribution in [-0.4, -0.2) is 72.7 Å². The molecule has 2 heterocycles. The third kappa shape index (κ3) is 6.41. The van der Waals surface area contributed by atoms with Gasteiger partial charge in [0.25, 0.3) is 0 Å². The first-order valence-corrected chi connectivity index (χ1v) is 11.0. The standard InChI is InChI=1S/C23H30FN7O4/c1-23(2,14-34-3)19(32)30-7-9-31(10-8-30)21-27-11-16(12-28-21)17-6-4-5-15(18(17)24)13-35-22(33)29-20(25)26/h4-6,11-12H,7-10,13-14H2,1-3H3,(H4,25,26,29,33). The number of piperazine rings is 1. The van der Waals surface area contributed by atoms with Crippen molar-refractivity contribution in [3.05, 3.63) is 42.0 Å². The summed E-state index contributed by atoms with van der Waals surface area (Å²) in [5.74, 6) is -0.453. The average Bonchev–Trinajstić information content (AvgIpc) is 2.83. The predicted octanol–water partition coefficient (Wildman–Crippen LogP) is 1.51. The van der Waals surface area contributed by atoms with Crippen molar-refractivity contribution in [3.63, 3.8) is 0 Å². The first-order chi connectivity index (χ1) is 16.6. The third-order valence-electron chi connectivity index (χ3n) is 5.53. The lowest BCUT2D eigenvalue weighted by atomic mass is 9.92. The molecule has 0 bridgehead atoms. The molecule has 0 radical (unpaired) electrons. The molecule has 0 unspecified atom stereocenters. The Balaban J connectivity index is 1.64. The summed E-state index contributed by atoms with van der Waals surface area (Å²) in [5, 5.41) is 0. The molecular formula is C23H30FN7O4. The lowest BCUT2D eigenvalue weighted by molar-refractivity contribution is -0.143. The molecule has 1 saturated heterocycles. The number of amides is 2. The zero-order valence-electron chi connectivity index (χ0n) is 20.0. The highest BCUT2D eigenvalue weighted by Gasteiger charge is 2.34. The van der Waals surface area contributed by atoms with Gasteiger partial charge in [-0.3, -0.25) is 4.79 Å². The summed E-state index contributed by atoms with van der Waals surface area (Å²) >= 11 is 0. The van der Waals surface area contributed by atoms with Crippen molar-refractivity contribution < 1.29 is 23.5 Å². The quantitative estimate of drug-likeness (QED) is 0.438. The van der Waals surface area contributed by atoms with Crippen molar-refractivity contribution in [2.45, 2.75) is 20.5 Å². The predicted molar refractivity (Wildman–Crippen MR) is 128 cm³/mol. The average molecular weight is 488 g/mol. The number of methoxy groups -OCH3 is 1. The van der Waals surface area contributed by atoms with E-state index in [0.717, 1.165) is 0 Å². The summed E-state index contributed by atoms with van der Waals surface area (Å²) in [7, 11) is 1.58. The fourth-order valence-corrected chi connectivity index (χ4v) is 3.78. The minimum atomic E-state index is -1.01. The van der Waals surface area contributed by atoms with Crippen molar-refractivity contribution in [2.75, 3.05) is 44.8 Å². The van der Waals surface area contributed by atoms with Crippen LogP contribution in [-0.2, 0) is 20.9 Å². The van der Waals surface area contributed by atoms with Crippen LogP contribution in [0.3, 0.4) is 0 Å². The number of hydrogen-bond acceptors (Lipinski definition) is 7. The number of carbonyl (C=O) groups is 2. The van der Waals surface area contributed by atoms with Gasteiger partial charge in [0, 0.05) is 62.4 Å². The van der Waals surface area contributed by atoms with Gasteiger partial charge in [-0.25, -0.2) is 19.2 Å². The number of aromatic nitrogens is 2. The molecule has 0 saturated carbocycles. The molecule has 1 fully saturated rings. The summed E-state index contributed by atoms with van der Waals surface area (Å²) in [6, 6.07) is 4.71. The summed E-state index contributed by atoms with van der Waals surface area (Å²) < 4.78 is 25.0. The SMILES string of the molecule is COCC(C)(C)C(=O)N1CCN(c2ncc(-c3cccc(COC(=O)N=C(N)N)c3F)cn2)CC1. The Labute approximate surface area is 202 Å². The molecule has 2 amide bonds. The summed E-state index contributed by atoms with van der Waals surface area (Å²) in [6.45, 7) is 6.02. The van der Waals surface area contributed by atoms with Gasteiger partial charge in [-0.05, 0) is 13.8 Å². The monoisotopic (exact) mass is 487 g/mol. The van der Waals surface area contributed by atoms with Gasteiger partial charge >= 0.3 is 6.09 Å². The number of hydrogen-bond donors (Lipinski definition) is 2. The summed E-state index contributed by atoms with van der Waals surface area (Å²) in [4.78, 5) is 40.1. The molecule has 4 N–H and O–H groups in total. The fourth-order valence-electron chi connectivity index (χ4n) is 3.78. The Kier molecular flexibility index (Phi) is 8.18. The van der Waals surface area contributed by atoms with E-state index < -0.39 is 23.3 Å². The van der Waals surface area contributed by atoms with E-state index in [4.69, 9.17) is 20.9 Å². The van der Waals surface area contributed by atoms with Gasteiger partial charge in [0.15, 0.2) is 5.96 Å². The van der Waals surface area contributed by atoms with E-state index >= 15 is 4.39 Å². The molecule has 1 aromatic carbocycles. The van der Waals surface area contributed by atoms with Gasteiger partial charge < -0.3 is 30.7 Å². The number of nitrogens with two attached hydrogens (primary N) is 2. The van der Waals surface area contributed by atoms with Crippen molar-refractivity contribution in [1.82, 2.24) is 14.9 Å². The Morgan fingerprint density at radius 2 is 1.80 bits per heavy atom. The molecule has 188 valence electrons. The normalized spacial score (nSPS) is 13.9. The van der Waals surface area contributed by atoms with Gasteiger partial charge in [-0.2, -0.15) is 0 Å². The number of rotatable bonds is 7. The minimum absolute atomic E-state index is 0.0506. The molecule has 0 spiro atoms. The summed E-state index contributed by atoms with van der Waals surface area (Å²) in [5.41, 5.74) is 10.5. The second-order valence-corrected chi connectivity index (χ2v) is 8.74. The number of benzene rings is 1. The van der Waals surface area contributed by atoms with Gasteiger partial charge in [-0.15, -0.1) is 4.99 Å². The van der Waals surface area contributed by atoms with Crippen LogP contribution in [0.4, 0.5) is 15.1 Å². The van der Waals surface area contributed by atoms with E-state index in [9.17, 15) is 9.59 Å². The van der Waals surface area contributed by atoms with Gasteiger partial charge in [-0.1, -0.05) is 18.2 Å². The Bertz CT molecular complexity index is 1080. The van der Waals surface area contributed by atoms with Gasteiger partial charge in [0.2, 0.25) is 11.9 Å². The smallest absolute Gasteiger partial charge is 0.437 e. The molecule has 1 aliphatic heterocycles. The van der Waals surface area contributed by atoms with E-state index in [-0.39, 0.29) is 23.6 Å². The number of ether oxygens (including phenoxy) is 2. The van der Waals surface area contributed by atoms with Gasteiger partial charge in [0.05, 0.1) is 12.0 Å². The maximum atomic E-state index is 15.0. The second-order valence-electron chi connectivity index (χ2n) is 8.74. The third-order valence-corrected chi connectivity index (χ3v) is 5.53. The largest absolute Gasteiger partial charge is 0.443 e. The van der Waals surface area contributed by atoms with E-state index in [1.165, 1.54) is 18.5 Å². The number of carbonyl (C=O) groups excluding carboxylic acids is 2. The van der Waals surface area contributed by atoms with Crippen LogP contribution >= 0.6 is 0 Å². The van der Waals surface area contributed by atoms with E-state index in [2.05, 4.69) is 15.0 Å². The molecule has 0 aliphatic carbocycles. The summed E-state index contributed by atoms with van der Waals surface area (Å²) in [6.07, 6.45) is 2.07. The lowest BCUT2D eigenvalue weighted by Gasteiger charge is -2.38. The molecule has 11 nitrogen and oxygen atoms in total. The molecule has 12 heteroatoms. The number of aliphatic imine (C=N–C) groups is 1. The molecule has 1 aromatic heterocycles. The Hall–Kier alpha value is -3.80. The number of nitrogens with zero attached hydrogens (tertiary/aromatic N) is 5. The highest BCUT2D eigenvalue weighted by atomic mass is 19.1. The van der Waals surface area contributed by atoms with E-state index in [1.807, 2.05) is 23.6 Å². The molecular weight excluding hydrogens is 457 g/mol. The molecule has 2 aromatic rings. The van der Waals surface area contributed by atoms with Crippen molar-refractivity contribution in [2.24, 2.45) is 21.9 Å². The number of guanidine groups is 1. The van der Waals surface area contributed by atoms with Crippen LogP contribution in [0.25, 0.3) is 11.1 Å². The Morgan fingerprint density at radius 1 is 1.14 bits per heavy atom. The topological polar surface area (TPSA) is 149 Å². The highest BCUT2D eigenvalue weighted by Crippen LogP contribution is 2.26. The van der Waals surface area contributed by atoms with Crippen molar-refractivity contribution >= 4 is 23.9 Å². The van der Waals surface area contributed by atoms with Gasteiger partial charge in [0.1, 0.15) is 12.4 Å². The van der Waals surface area contributed by atoms with Crippen LogP contribution in [0.2, 0.25) is 0 Å². The zero-order chi connectivity index (χ0) is 25.6. The first kappa shape index (κ1) is 25.8. The maximum absolute atomic E-state index is 15.0. The minimum Gasteiger partial charge on any atom is -0.443 e. The van der Waals surface area contributed by atoms with Crippen LogP contribution < -0.4 is 16.4 Å². The molecule has 35 heavy (non-hydrogen) atoms. The Morgan fingerprint density at radius 3 is 2.40 bits per heavy atom. The van der Waals surface area contributed by atoms with Crippen LogP contribution in [0.15, 0.2) is 35.6 Å². The van der Waals surface area contributed by atoms with E-state index in [0.29, 0.717) is 44.3 Å². The number of anilines is 1. The highest BCUT2D eigenvalue weighted by molar-refractivity contribution is 5.87. The second kappa shape index (κ2) is 11.1. The van der Waals surface area contributed by atoms with Crippen LogP contribution in [0.5, 0.6) is 0 Å². The number of halogens is 1. The molecule has 0 atom stereocenters. The van der Waals surface area contributed by atoms with Crippen LogP contribution in [0.1, 0.15) is 19.4 Å². The molecule has 3 rings (SSSR count).